The van der Waals surface area contributed by atoms with Crippen molar-refractivity contribution in [2.24, 2.45) is 0 Å². The minimum Gasteiger partial charge on any atom is -0.388 e. The molecule has 1 aromatic heterocycles. The Balaban J connectivity index is 1.70. The zero-order valence-corrected chi connectivity index (χ0v) is 14.1. The molecule has 2 aromatic rings. The summed E-state index contributed by atoms with van der Waals surface area (Å²) >= 11 is 0. The van der Waals surface area contributed by atoms with Gasteiger partial charge in [0.25, 0.3) is 0 Å². The third kappa shape index (κ3) is 5.34. The highest BCUT2D eigenvalue weighted by Gasteiger charge is 2.14. The predicted molar refractivity (Wildman–Crippen MR) is 91.4 cm³/mol. The van der Waals surface area contributed by atoms with Crippen molar-refractivity contribution in [2.45, 2.75) is 45.4 Å². The van der Waals surface area contributed by atoms with Gasteiger partial charge in [-0.3, -0.25) is 0 Å². The van der Waals surface area contributed by atoms with Gasteiger partial charge >= 0.3 is 6.03 Å². The summed E-state index contributed by atoms with van der Waals surface area (Å²) in [7, 11) is 0. The van der Waals surface area contributed by atoms with Gasteiger partial charge in [0.15, 0.2) is 0 Å². The van der Waals surface area contributed by atoms with Crippen LogP contribution in [-0.2, 0) is 13.0 Å². The topological polar surface area (TPSA) is 92.1 Å². The number of nitrogens with zero attached hydrogens (tertiary/aromatic N) is 3. The lowest BCUT2D eigenvalue weighted by Crippen LogP contribution is -2.42. The van der Waals surface area contributed by atoms with E-state index < -0.39 is 6.10 Å². The second-order valence-electron chi connectivity index (χ2n) is 5.76. The standard InChI is InChI=1S/C17H25N5O2/c1-3-16-21-19-12-22(16)10-9-18-17(24)20-13(2)11-15(23)14-7-5-4-6-8-14/h4-8,12-13,15,23H,3,9-11H2,1-2H3,(H2,18,20,24). The number of aliphatic hydroxyl groups excluding tert-OH is 1. The number of aryl methyl sites for hydroxylation is 1. The highest BCUT2D eigenvalue weighted by atomic mass is 16.3. The smallest absolute Gasteiger partial charge is 0.315 e. The van der Waals surface area contributed by atoms with Crippen molar-refractivity contribution < 1.29 is 9.90 Å². The van der Waals surface area contributed by atoms with Crippen LogP contribution in [0.1, 0.15) is 37.8 Å². The first-order valence-electron chi connectivity index (χ1n) is 8.24. The van der Waals surface area contributed by atoms with E-state index in [2.05, 4.69) is 20.8 Å². The molecule has 0 fully saturated rings. The summed E-state index contributed by atoms with van der Waals surface area (Å²) in [6.07, 6.45) is 2.34. The van der Waals surface area contributed by atoms with Gasteiger partial charge in [-0.05, 0) is 18.9 Å². The lowest BCUT2D eigenvalue weighted by Gasteiger charge is -2.18. The molecule has 1 aromatic carbocycles. The number of urea groups is 1. The number of aliphatic hydroxyl groups is 1. The Hall–Kier alpha value is -2.41. The van der Waals surface area contributed by atoms with Crippen molar-refractivity contribution in [2.75, 3.05) is 6.54 Å². The quantitative estimate of drug-likeness (QED) is 0.686. The summed E-state index contributed by atoms with van der Waals surface area (Å²) in [5.74, 6) is 0.900. The zero-order valence-electron chi connectivity index (χ0n) is 14.1. The van der Waals surface area contributed by atoms with Crippen molar-refractivity contribution in [1.29, 1.82) is 0 Å². The number of carbonyl (C=O) groups is 1. The number of nitrogens with one attached hydrogen (secondary N) is 2. The maximum Gasteiger partial charge on any atom is 0.315 e. The molecular weight excluding hydrogens is 306 g/mol. The van der Waals surface area contributed by atoms with Crippen LogP contribution in [0, 0.1) is 0 Å². The molecule has 3 N–H and O–H groups in total. The van der Waals surface area contributed by atoms with Crippen LogP contribution in [0.3, 0.4) is 0 Å². The lowest BCUT2D eigenvalue weighted by atomic mass is 10.0. The molecule has 0 saturated carbocycles. The summed E-state index contributed by atoms with van der Waals surface area (Å²) < 4.78 is 1.92. The van der Waals surface area contributed by atoms with Crippen LogP contribution in [0.15, 0.2) is 36.7 Å². The number of benzene rings is 1. The Morgan fingerprint density at radius 2 is 2.08 bits per heavy atom. The van der Waals surface area contributed by atoms with Gasteiger partial charge in [-0.1, -0.05) is 37.3 Å². The maximum absolute atomic E-state index is 11.9. The fourth-order valence-corrected chi connectivity index (χ4v) is 2.51. The average molecular weight is 331 g/mol. The van der Waals surface area contributed by atoms with Gasteiger partial charge < -0.3 is 20.3 Å². The molecule has 7 heteroatoms. The molecule has 24 heavy (non-hydrogen) atoms. The molecule has 1 heterocycles. The molecular formula is C17H25N5O2. The number of hydrogen-bond acceptors (Lipinski definition) is 4. The normalized spacial score (nSPS) is 13.3. The first-order chi connectivity index (χ1) is 11.6. The number of amides is 2. The van der Waals surface area contributed by atoms with Crippen LogP contribution in [0.5, 0.6) is 0 Å². The number of hydrogen-bond donors (Lipinski definition) is 3. The van der Waals surface area contributed by atoms with Gasteiger partial charge in [0.2, 0.25) is 0 Å². The molecule has 0 radical (unpaired) electrons. The van der Waals surface area contributed by atoms with Gasteiger partial charge in [0.1, 0.15) is 12.2 Å². The van der Waals surface area contributed by atoms with E-state index in [1.165, 1.54) is 0 Å². The van der Waals surface area contributed by atoms with E-state index in [0.29, 0.717) is 19.5 Å². The van der Waals surface area contributed by atoms with Crippen LogP contribution in [0.25, 0.3) is 0 Å². The summed E-state index contributed by atoms with van der Waals surface area (Å²) in [4.78, 5) is 11.9. The number of carbonyl (C=O) groups excluding carboxylic acids is 1. The Morgan fingerprint density at radius 3 is 2.79 bits per heavy atom. The largest absolute Gasteiger partial charge is 0.388 e. The Labute approximate surface area is 142 Å². The van der Waals surface area contributed by atoms with E-state index in [1.807, 2.05) is 48.7 Å². The van der Waals surface area contributed by atoms with Crippen LogP contribution in [0.2, 0.25) is 0 Å². The van der Waals surface area contributed by atoms with Crippen molar-refractivity contribution in [3.05, 3.63) is 48.0 Å². The first-order valence-corrected chi connectivity index (χ1v) is 8.24. The van der Waals surface area contributed by atoms with E-state index in [4.69, 9.17) is 0 Å². The van der Waals surface area contributed by atoms with E-state index in [9.17, 15) is 9.90 Å². The van der Waals surface area contributed by atoms with Crippen LogP contribution in [-0.4, -0.2) is 38.5 Å². The second kappa shape index (κ2) is 9.02. The van der Waals surface area contributed by atoms with Gasteiger partial charge in [-0.15, -0.1) is 10.2 Å². The van der Waals surface area contributed by atoms with E-state index in [-0.39, 0.29) is 12.1 Å². The van der Waals surface area contributed by atoms with E-state index in [0.717, 1.165) is 17.8 Å². The monoisotopic (exact) mass is 331 g/mol. The lowest BCUT2D eigenvalue weighted by molar-refractivity contribution is 0.154. The maximum atomic E-state index is 11.9. The van der Waals surface area contributed by atoms with Gasteiger partial charge in [-0.25, -0.2) is 4.79 Å². The first kappa shape index (κ1) is 17.9. The molecule has 2 rings (SSSR count). The molecule has 0 bridgehead atoms. The van der Waals surface area contributed by atoms with E-state index in [1.54, 1.807) is 6.33 Å². The molecule has 0 spiro atoms. The molecule has 2 amide bonds. The minimum atomic E-state index is -0.592. The van der Waals surface area contributed by atoms with Crippen LogP contribution < -0.4 is 10.6 Å². The number of rotatable bonds is 8. The predicted octanol–water partition coefficient (Wildman–Crippen LogP) is 1.65. The fraction of sp³-hybridized carbons (Fsp3) is 0.471. The summed E-state index contributed by atoms with van der Waals surface area (Å²) in [6.45, 7) is 5.01. The molecule has 0 aliphatic carbocycles. The van der Waals surface area contributed by atoms with Crippen LogP contribution >= 0.6 is 0 Å². The molecule has 7 nitrogen and oxygen atoms in total. The SMILES string of the molecule is CCc1nncn1CCNC(=O)NC(C)CC(O)c1ccccc1. The molecule has 0 aliphatic heterocycles. The minimum absolute atomic E-state index is 0.138. The summed E-state index contributed by atoms with van der Waals surface area (Å²) in [6, 6.07) is 9.06. The Kier molecular flexibility index (Phi) is 6.74. The third-order valence-electron chi connectivity index (χ3n) is 3.79. The molecule has 2 atom stereocenters. The Morgan fingerprint density at radius 1 is 1.33 bits per heavy atom. The molecule has 130 valence electrons. The second-order valence-corrected chi connectivity index (χ2v) is 5.76. The van der Waals surface area contributed by atoms with Crippen LogP contribution in [0.4, 0.5) is 4.79 Å². The highest BCUT2D eigenvalue weighted by Crippen LogP contribution is 2.17. The van der Waals surface area contributed by atoms with Crippen molar-refractivity contribution >= 4 is 6.03 Å². The van der Waals surface area contributed by atoms with Crippen molar-refractivity contribution in [1.82, 2.24) is 25.4 Å². The van der Waals surface area contributed by atoms with Gasteiger partial charge in [0, 0.05) is 25.6 Å². The molecule has 0 aliphatic rings. The average Bonchev–Trinajstić information content (AvgIpc) is 3.03. The van der Waals surface area contributed by atoms with Crippen molar-refractivity contribution in [3.8, 4) is 0 Å². The highest BCUT2D eigenvalue weighted by molar-refractivity contribution is 5.74. The zero-order chi connectivity index (χ0) is 17.4. The fourth-order valence-electron chi connectivity index (χ4n) is 2.51. The third-order valence-corrected chi connectivity index (χ3v) is 3.79. The van der Waals surface area contributed by atoms with Gasteiger partial charge in [0.05, 0.1) is 6.10 Å². The Bertz CT molecular complexity index is 629. The van der Waals surface area contributed by atoms with Gasteiger partial charge in [-0.2, -0.15) is 0 Å². The number of aromatic nitrogens is 3. The summed E-state index contributed by atoms with van der Waals surface area (Å²) in [5, 5.41) is 23.7. The molecule has 0 saturated heterocycles. The van der Waals surface area contributed by atoms with E-state index >= 15 is 0 Å². The van der Waals surface area contributed by atoms with Crippen molar-refractivity contribution in [3.63, 3.8) is 0 Å². The summed E-state index contributed by atoms with van der Waals surface area (Å²) in [5.41, 5.74) is 0.853. The molecule has 2 unspecified atom stereocenters.